The minimum atomic E-state index is -0.486. The standard InChI is InChI=1S/C14H11Cl3FN/c15-10-2-1-3-11(16)9(10)7-14(19)8-4-5-12(17)13(18)6-8/h1-6,14H,7,19H2. The fourth-order valence-corrected chi connectivity index (χ4v) is 2.48. The first kappa shape index (κ1) is 14.6. The van der Waals surface area contributed by atoms with E-state index in [1.807, 2.05) is 0 Å². The molecule has 2 N–H and O–H groups in total. The Morgan fingerprint density at radius 2 is 1.63 bits per heavy atom. The van der Waals surface area contributed by atoms with Crippen LogP contribution in [0.3, 0.4) is 0 Å². The summed E-state index contributed by atoms with van der Waals surface area (Å²) in [6, 6.07) is 9.38. The lowest BCUT2D eigenvalue weighted by Gasteiger charge is -2.14. The molecule has 100 valence electrons. The highest BCUT2D eigenvalue weighted by Gasteiger charge is 2.13. The van der Waals surface area contributed by atoms with Crippen LogP contribution in [-0.2, 0) is 6.42 Å². The molecule has 0 fully saturated rings. The summed E-state index contributed by atoms with van der Waals surface area (Å²) in [6.07, 6.45) is 0.430. The van der Waals surface area contributed by atoms with Crippen LogP contribution in [0.2, 0.25) is 15.1 Å². The van der Waals surface area contributed by atoms with Crippen LogP contribution < -0.4 is 5.73 Å². The van der Waals surface area contributed by atoms with Gasteiger partial charge in [0.1, 0.15) is 5.82 Å². The molecule has 0 saturated carbocycles. The third-order valence-electron chi connectivity index (χ3n) is 2.86. The number of rotatable bonds is 3. The van der Waals surface area contributed by atoms with Crippen molar-refractivity contribution in [3.8, 4) is 0 Å². The first-order valence-electron chi connectivity index (χ1n) is 5.62. The molecule has 0 radical (unpaired) electrons. The zero-order valence-corrected chi connectivity index (χ0v) is 12.1. The molecular formula is C14H11Cl3FN. The van der Waals surface area contributed by atoms with Crippen LogP contribution in [-0.4, -0.2) is 0 Å². The molecule has 2 aromatic rings. The summed E-state index contributed by atoms with van der Waals surface area (Å²) in [5.74, 6) is -0.486. The van der Waals surface area contributed by atoms with E-state index in [0.717, 1.165) is 5.56 Å². The highest BCUT2D eigenvalue weighted by Crippen LogP contribution is 2.29. The molecule has 2 aromatic carbocycles. The van der Waals surface area contributed by atoms with Gasteiger partial charge in [-0.15, -0.1) is 0 Å². The maximum absolute atomic E-state index is 13.4. The normalized spacial score (nSPS) is 12.5. The fraction of sp³-hybridized carbons (Fsp3) is 0.143. The van der Waals surface area contributed by atoms with E-state index in [1.165, 1.54) is 12.1 Å². The quantitative estimate of drug-likeness (QED) is 0.844. The number of halogens is 4. The summed E-state index contributed by atoms with van der Waals surface area (Å²) in [7, 11) is 0. The smallest absolute Gasteiger partial charge is 0.142 e. The van der Waals surface area contributed by atoms with Gasteiger partial charge in [0, 0.05) is 16.1 Å². The zero-order valence-electron chi connectivity index (χ0n) is 9.84. The highest BCUT2D eigenvalue weighted by atomic mass is 35.5. The molecule has 0 saturated heterocycles. The number of nitrogens with two attached hydrogens (primary N) is 1. The van der Waals surface area contributed by atoms with E-state index in [1.54, 1.807) is 24.3 Å². The molecule has 0 bridgehead atoms. The Kier molecular flexibility index (Phi) is 4.69. The van der Waals surface area contributed by atoms with Crippen molar-refractivity contribution < 1.29 is 4.39 Å². The second-order valence-electron chi connectivity index (χ2n) is 4.18. The van der Waals surface area contributed by atoms with Crippen LogP contribution >= 0.6 is 34.8 Å². The van der Waals surface area contributed by atoms with Gasteiger partial charge < -0.3 is 5.73 Å². The topological polar surface area (TPSA) is 26.0 Å². The Balaban J connectivity index is 2.25. The lowest BCUT2D eigenvalue weighted by atomic mass is 9.99. The van der Waals surface area contributed by atoms with Crippen molar-refractivity contribution in [1.82, 2.24) is 0 Å². The van der Waals surface area contributed by atoms with Crippen LogP contribution in [0, 0.1) is 5.82 Å². The molecule has 19 heavy (non-hydrogen) atoms. The van der Waals surface area contributed by atoms with Crippen molar-refractivity contribution in [2.24, 2.45) is 5.73 Å². The Hall–Kier alpha value is -0.800. The molecule has 0 aliphatic heterocycles. The van der Waals surface area contributed by atoms with Gasteiger partial charge in [0.05, 0.1) is 5.02 Å². The van der Waals surface area contributed by atoms with Gasteiger partial charge in [0.15, 0.2) is 0 Å². The number of hydrogen-bond donors (Lipinski definition) is 1. The van der Waals surface area contributed by atoms with Crippen LogP contribution in [0.4, 0.5) is 4.39 Å². The van der Waals surface area contributed by atoms with E-state index < -0.39 is 11.9 Å². The summed E-state index contributed by atoms with van der Waals surface area (Å²) < 4.78 is 13.4. The summed E-state index contributed by atoms with van der Waals surface area (Å²) in [5, 5.41) is 1.18. The first-order valence-corrected chi connectivity index (χ1v) is 6.76. The average Bonchev–Trinajstić information content (AvgIpc) is 2.37. The Morgan fingerprint density at radius 3 is 2.21 bits per heavy atom. The van der Waals surface area contributed by atoms with Gasteiger partial charge in [-0.1, -0.05) is 46.9 Å². The van der Waals surface area contributed by atoms with Crippen LogP contribution in [0.15, 0.2) is 36.4 Å². The molecule has 0 aromatic heterocycles. The average molecular weight is 319 g/mol. The maximum Gasteiger partial charge on any atom is 0.142 e. The van der Waals surface area contributed by atoms with Crippen LogP contribution in [0.25, 0.3) is 0 Å². The highest BCUT2D eigenvalue weighted by molar-refractivity contribution is 6.36. The molecule has 1 unspecified atom stereocenters. The van der Waals surface area contributed by atoms with Crippen molar-refractivity contribution in [3.05, 3.63) is 68.4 Å². The van der Waals surface area contributed by atoms with Gasteiger partial charge in [-0.25, -0.2) is 4.39 Å². The minimum Gasteiger partial charge on any atom is -0.324 e. The van der Waals surface area contributed by atoms with E-state index in [2.05, 4.69) is 0 Å². The molecule has 1 atom stereocenters. The van der Waals surface area contributed by atoms with Gasteiger partial charge >= 0.3 is 0 Å². The second-order valence-corrected chi connectivity index (χ2v) is 5.41. The minimum absolute atomic E-state index is 0.0757. The predicted octanol–water partition coefficient (Wildman–Crippen LogP) is 5.03. The third-order valence-corrected chi connectivity index (χ3v) is 3.87. The van der Waals surface area contributed by atoms with Crippen molar-refractivity contribution in [2.75, 3.05) is 0 Å². The molecule has 0 aliphatic carbocycles. The number of benzene rings is 2. The van der Waals surface area contributed by atoms with Crippen molar-refractivity contribution in [2.45, 2.75) is 12.5 Å². The second kappa shape index (κ2) is 6.10. The van der Waals surface area contributed by atoms with Gasteiger partial charge in [0.25, 0.3) is 0 Å². The third kappa shape index (κ3) is 3.40. The molecular weight excluding hydrogens is 308 g/mol. The molecule has 0 aliphatic rings. The Morgan fingerprint density at radius 1 is 1.00 bits per heavy atom. The lowest BCUT2D eigenvalue weighted by molar-refractivity contribution is 0.619. The molecule has 0 heterocycles. The summed E-state index contributed by atoms with van der Waals surface area (Å²) >= 11 is 17.8. The van der Waals surface area contributed by atoms with Gasteiger partial charge in [-0.3, -0.25) is 0 Å². The lowest BCUT2D eigenvalue weighted by Crippen LogP contribution is -2.14. The van der Waals surface area contributed by atoms with Gasteiger partial charge in [0.2, 0.25) is 0 Å². The Labute approximate surface area is 126 Å². The zero-order chi connectivity index (χ0) is 14.0. The van der Waals surface area contributed by atoms with Crippen LogP contribution in [0.5, 0.6) is 0 Å². The first-order chi connectivity index (χ1) is 8.99. The van der Waals surface area contributed by atoms with Gasteiger partial charge in [-0.05, 0) is 41.8 Å². The molecule has 0 amide bonds. The monoisotopic (exact) mass is 317 g/mol. The fourth-order valence-electron chi connectivity index (χ4n) is 1.81. The SMILES string of the molecule is NC(Cc1c(Cl)cccc1Cl)c1ccc(Cl)c(F)c1. The maximum atomic E-state index is 13.4. The van der Waals surface area contributed by atoms with E-state index >= 15 is 0 Å². The van der Waals surface area contributed by atoms with Crippen molar-refractivity contribution in [3.63, 3.8) is 0 Å². The summed E-state index contributed by atoms with van der Waals surface area (Å²) in [5.41, 5.74) is 7.47. The summed E-state index contributed by atoms with van der Waals surface area (Å²) in [4.78, 5) is 0. The van der Waals surface area contributed by atoms with E-state index in [0.29, 0.717) is 22.0 Å². The largest absolute Gasteiger partial charge is 0.324 e. The van der Waals surface area contributed by atoms with Crippen LogP contribution in [0.1, 0.15) is 17.2 Å². The van der Waals surface area contributed by atoms with E-state index in [9.17, 15) is 4.39 Å². The van der Waals surface area contributed by atoms with E-state index in [4.69, 9.17) is 40.5 Å². The van der Waals surface area contributed by atoms with Crippen molar-refractivity contribution >= 4 is 34.8 Å². The Bertz CT molecular complexity index is 581. The molecule has 5 heteroatoms. The molecule has 1 nitrogen and oxygen atoms in total. The molecule has 2 rings (SSSR count). The number of hydrogen-bond acceptors (Lipinski definition) is 1. The van der Waals surface area contributed by atoms with Gasteiger partial charge in [-0.2, -0.15) is 0 Å². The summed E-state index contributed by atoms with van der Waals surface area (Å²) in [6.45, 7) is 0. The van der Waals surface area contributed by atoms with Crippen molar-refractivity contribution in [1.29, 1.82) is 0 Å². The van der Waals surface area contributed by atoms with E-state index in [-0.39, 0.29) is 5.02 Å². The molecule has 0 spiro atoms. The predicted molar refractivity (Wildman–Crippen MR) is 78.5 cm³/mol.